The van der Waals surface area contributed by atoms with Gasteiger partial charge in [-0.2, -0.15) is 10.5 Å². The van der Waals surface area contributed by atoms with E-state index in [4.69, 9.17) is 8.83 Å². The zero-order chi connectivity index (χ0) is 49.5. The van der Waals surface area contributed by atoms with Crippen LogP contribution in [0.3, 0.4) is 0 Å². The van der Waals surface area contributed by atoms with Crippen molar-refractivity contribution < 1.29 is 8.83 Å². The highest BCUT2D eigenvalue weighted by Gasteiger charge is 2.42. The number of para-hydroxylation sites is 2. The summed E-state index contributed by atoms with van der Waals surface area (Å²) >= 11 is 0. The van der Waals surface area contributed by atoms with Crippen molar-refractivity contribution in [2.45, 2.75) is 38.5 Å². The van der Waals surface area contributed by atoms with Crippen molar-refractivity contribution in [1.29, 1.82) is 10.5 Å². The summed E-state index contributed by atoms with van der Waals surface area (Å²) in [7, 11) is 0. The molecule has 0 amide bonds. The molecule has 2 aliphatic heterocycles. The summed E-state index contributed by atoms with van der Waals surface area (Å²) in [5, 5.41) is 36.6. The number of fused-ring (bicyclic) bond motifs is 16. The van der Waals surface area contributed by atoms with Crippen LogP contribution in [0.4, 0.5) is 34.1 Å². The summed E-state index contributed by atoms with van der Waals surface area (Å²) in [6.45, 7) is 9.17. The number of nitrogens with zero attached hydrogens (tertiary/aromatic N) is 4. The monoisotopic (exact) mass is 946 g/mol. The second kappa shape index (κ2) is 14.1. The first-order valence-electron chi connectivity index (χ1n) is 25.3. The molecule has 74 heavy (non-hydrogen) atoms. The van der Waals surface area contributed by atoms with Gasteiger partial charge in [0, 0.05) is 75.5 Å². The van der Waals surface area contributed by atoms with Gasteiger partial charge in [0.2, 0.25) is 0 Å². The molecule has 6 nitrogen and oxygen atoms in total. The fourth-order valence-corrected chi connectivity index (χ4v) is 13.5. The Bertz CT molecular complexity index is 4650. The van der Waals surface area contributed by atoms with Gasteiger partial charge in [0.15, 0.2) is 11.2 Å². The minimum absolute atomic E-state index is 0.399. The van der Waals surface area contributed by atoms with Crippen LogP contribution in [0.25, 0.3) is 97.7 Å². The van der Waals surface area contributed by atoms with Crippen molar-refractivity contribution in [2.75, 3.05) is 9.80 Å². The molecule has 12 aromatic carbocycles. The van der Waals surface area contributed by atoms with Gasteiger partial charge in [-0.1, -0.05) is 173 Å². The molecule has 6 heteroatoms. The van der Waals surface area contributed by atoms with Crippen molar-refractivity contribution in [3.05, 3.63) is 215 Å². The van der Waals surface area contributed by atoms with E-state index in [0.29, 0.717) is 11.1 Å². The molecule has 0 atom stereocenters. The highest BCUT2D eigenvalue weighted by atomic mass is 16.3. The number of benzene rings is 12. The lowest BCUT2D eigenvalue weighted by atomic mass is 9.73. The fraction of sp³-hybridized carbons (Fsp3) is 0.0882. The summed E-state index contributed by atoms with van der Waals surface area (Å²) < 4.78 is 14.4. The Morgan fingerprint density at radius 2 is 0.703 bits per heavy atom. The van der Waals surface area contributed by atoms with E-state index >= 15 is 0 Å². The summed E-state index contributed by atoms with van der Waals surface area (Å²) in [4.78, 5) is 4.70. The first-order chi connectivity index (χ1) is 36.1. The van der Waals surface area contributed by atoms with Crippen LogP contribution in [0.2, 0.25) is 0 Å². The van der Waals surface area contributed by atoms with Gasteiger partial charge >= 0.3 is 0 Å². The minimum Gasteiger partial charge on any atom is -0.453 e. The molecule has 0 unspecified atom stereocenters. The molecule has 0 aliphatic carbocycles. The number of rotatable bonds is 2. The Morgan fingerprint density at radius 3 is 1.15 bits per heavy atom. The molecular formula is C68H42N4O2. The van der Waals surface area contributed by atoms with Crippen LogP contribution in [0.15, 0.2) is 191 Å². The zero-order valence-corrected chi connectivity index (χ0v) is 40.9. The Morgan fingerprint density at radius 1 is 0.338 bits per heavy atom. The summed E-state index contributed by atoms with van der Waals surface area (Å²) in [6.07, 6.45) is 0. The molecule has 0 radical (unpaired) electrons. The number of anilines is 6. The van der Waals surface area contributed by atoms with Gasteiger partial charge in [0.1, 0.15) is 11.2 Å². The van der Waals surface area contributed by atoms with Gasteiger partial charge in [-0.3, -0.25) is 0 Å². The quantitative estimate of drug-likeness (QED) is 0.161. The zero-order valence-electron chi connectivity index (χ0n) is 40.9. The second-order valence-electron chi connectivity index (χ2n) is 21.3. The molecule has 0 bridgehead atoms. The summed E-state index contributed by atoms with van der Waals surface area (Å²) in [6, 6.07) is 69.7. The SMILES string of the molecule is CC1(C)c2ccccc2N(c2cc(C#N)c3ccc4c(N5c6ccccc6C(C)(C)c6ccc7c(oc8c9ccccc9ccc78)c65)cc(C#N)c5ccc2c3c54)c2c1ccc1c2oc2c3ccccc3ccc12. The third-order valence-electron chi connectivity index (χ3n) is 17.0. The fourth-order valence-electron chi connectivity index (χ4n) is 13.5. The van der Waals surface area contributed by atoms with E-state index in [0.717, 1.165) is 143 Å². The third kappa shape index (κ3) is 5.02. The lowest BCUT2D eigenvalue weighted by molar-refractivity contribution is 0.624. The van der Waals surface area contributed by atoms with Crippen LogP contribution in [-0.4, -0.2) is 0 Å². The van der Waals surface area contributed by atoms with Gasteiger partial charge < -0.3 is 18.6 Å². The highest BCUT2D eigenvalue weighted by molar-refractivity contribution is 6.31. The van der Waals surface area contributed by atoms with Crippen molar-refractivity contribution in [3.8, 4) is 12.1 Å². The number of hydrogen-bond donors (Lipinski definition) is 0. The van der Waals surface area contributed by atoms with Gasteiger partial charge in [0.25, 0.3) is 0 Å². The van der Waals surface area contributed by atoms with Crippen LogP contribution in [0.1, 0.15) is 61.1 Å². The second-order valence-corrected chi connectivity index (χ2v) is 21.3. The van der Waals surface area contributed by atoms with Gasteiger partial charge in [-0.15, -0.1) is 0 Å². The molecule has 16 rings (SSSR count). The van der Waals surface area contributed by atoms with E-state index < -0.39 is 10.8 Å². The number of nitriles is 2. The maximum atomic E-state index is 11.3. The third-order valence-corrected chi connectivity index (χ3v) is 17.0. The van der Waals surface area contributed by atoms with E-state index in [9.17, 15) is 10.5 Å². The van der Waals surface area contributed by atoms with Crippen LogP contribution < -0.4 is 9.80 Å². The van der Waals surface area contributed by atoms with Crippen molar-refractivity contribution in [3.63, 3.8) is 0 Å². The topological polar surface area (TPSA) is 80.3 Å². The van der Waals surface area contributed by atoms with E-state index in [1.165, 1.54) is 11.1 Å². The average molecular weight is 947 g/mol. The van der Waals surface area contributed by atoms with E-state index in [2.05, 4.69) is 232 Å². The van der Waals surface area contributed by atoms with E-state index in [-0.39, 0.29) is 0 Å². The Hall–Kier alpha value is -9.62. The average Bonchev–Trinajstić information content (AvgIpc) is 4.03. The van der Waals surface area contributed by atoms with Crippen molar-refractivity contribution >= 4 is 132 Å². The van der Waals surface area contributed by atoms with Crippen LogP contribution >= 0.6 is 0 Å². The molecule has 2 aliphatic rings. The van der Waals surface area contributed by atoms with E-state index in [1.54, 1.807) is 0 Å². The molecule has 346 valence electrons. The maximum absolute atomic E-state index is 11.3. The van der Waals surface area contributed by atoms with Crippen LogP contribution in [0, 0.1) is 22.7 Å². The standard InChI is InChI=1S/C68H42N4O2/c1-67(2)51-17-9-11-19-55(51)71(61-53(67)31-29-47-45-23-21-37-13-5-7-15-43(37)63(45)73-65(47)61)57-33-39(35-69)41-26-28-50-58(34-40(36-70)42-25-27-49(57)59(41)60(42)50)72-56-20-12-10-18-52(56)68(3,4)54-32-30-48-46-24-22-38-14-6-8-16-44(38)64(46)74-66(48)62(54)72/h5-34H,1-4H3. The lowest BCUT2D eigenvalue weighted by Crippen LogP contribution is -2.31. The predicted molar refractivity (Wildman–Crippen MR) is 303 cm³/mol. The Kier molecular flexibility index (Phi) is 7.81. The summed E-state index contributed by atoms with van der Waals surface area (Å²) in [5.74, 6) is 0. The number of furan rings is 2. The molecular weight excluding hydrogens is 905 g/mol. The normalized spacial score (nSPS) is 14.6. The van der Waals surface area contributed by atoms with Gasteiger partial charge in [-0.05, 0) is 69.4 Å². The molecule has 0 fully saturated rings. The molecule has 0 spiro atoms. The molecule has 0 saturated carbocycles. The van der Waals surface area contributed by atoms with Gasteiger partial charge in [0.05, 0.1) is 57.4 Å². The molecule has 2 aromatic heterocycles. The number of hydrogen-bond acceptors (Lipinski definition) is 6. The Balaban J connectivity index is 1.02. The lowest BCUT2D eigenvalue weighted by Gasteiger charge is -2.42. The van der Waals surface area contributed by atoms with Crippen molar-refractivity contribution in [2.24, 2.45) is 0 Å². The smallest absolute Gasteiger partial charge is 0.159 e. The molecule has 0 N–H and O–H groups in total. The van der Waals surface area contributed by atoms with E-state index in [1.807, 2.05) is 0 Å². The maximum Gasteiger partial charge on any atom is 0.159 e. The minimum atomic E-state index is -0.399. The van der Waals surface area contributed by atoms with Gasteiger partial charge in [-0.25, -0.2) is 0 Å². The van der Waals surface area contributed by atoms with Crippen molar-refractivity contribution in [1.82, 2.24) is 0 Å². The van der Waals surface area contributed by atoms with Crippen LogP contribution in [0.5, 0.6) is 0 Å². The Labute approximate surface area is 425 Å². The first kappa shape index (κ1) is 41.0. The first-order valence-corrected chi connectivity index (χ1v) is 25.3. The predicted octanol–water partition coefficient (Wildman–Crippen LogP) is 18.7. The van der Waals surface area contributed by atoms with Crippen LogP contribution in [-0.2, 0) is 10.8 Å². The highest BCUT2D eigenvalue weighted by Crippen LogP contribution is 2.60. The molecule has 4 heterocycles. The summed E-state index contributed by atoms with van der Waals surface area (Å²) in [5.41, 5.74) is 13.9. The largest absolute Gasteiger partial charge is 0.453 e. The molecule has 0 saturated heterocycles. The molecule has 14 aromatic rings.